The lowest BCUT2D eigenvalue weighted by Crippen LogP contribution is -2.40. The molecule has 0 bridgehead atoms. The first kappa shape index (κ1) is 14.5. The third-order valence-corrected chi connectivity index (χ3v) is 3.42. The van der Waals surface area contributed by atoms with Gasteiger partial charge in [-0.3, -0.25) is 9.69 Å². The number of ether oxygens (including phenoxy) is 1. The highest BCUT2D eigenvalue weighted by atomic mass is 16.5. The summed E-state index contributed by atoms with van der Waals surface area (Å²) in [5, 5.41) is 9.12. The van der Waals surface area contributed by atoms with E-state index in [9.17, 15) is 4.79 Å². The third-order valence-electron chi connectivity index (χ3n) is 3.42. The van der Waals surface area contributed by atoms with Gasteiger partial charge in [-0.15, -0.1) is 0 Å². The molecule has 1 N–H and O–H groups in total. The number of hydrogen-bond donors (Lipinski definition) is 1. The van der Waals surface area contributed by atoms with Crippen LogP contribution in [0.4, 0.5) is 0 Å². The molecule has 4 heteroatoms. The fraction of sp³-hybridized carbons (Fsp3) is 0.500. The predicted molar refractivity (Wildman–Crippen MR) is 71.0 cm³/mol. The second-order valence-corrected chi connectivity index (χ2v) is 4.94. The van der Waals surface area contributed by atoms with Crippen LogP contribution < -0.4 is 4.74 Å². The Hall–Kier alpha value is -1.55. The van der Waals surface area contributed by atoms with Crippen molar-refractivity contribution in [2.75, 3.05) is 21.2 Å². The highest BCUT2D eigenvalue weighted by Gasteiger charge is 2.34. The van der Waals surface area contributed by atoms with E-state index in [1.165, 1.54) is 0 Å². The number of aliphatic carboxylic acids is 1. The highest BCUT2D eigenvalue weighted by molar-refractivity contribution is 5.69. The zero-order valence-electron chi connectivity index (χ0n) is 11.7. The van der Waals surface area contributed by atoms with E-state index in [4.69, 9.17) is 9.84 Å². The summed E-state index contributed by atoms with van der Waals surface area (Å²) in [5.74, 6) is -0.104. The lowest BCUT2D eigenvalue weighted by atomic mass is 9.86. The Kier molecular flexibility index (Phi) is 4.35. The number of methoxy groups -OCH3 is 1. The number of aryl methyl sites for hydroxylation is 1. The Bertz CT molecular complexity index is 443. The molecule has 1 unspecified atom stereocenters. The maximum Gasteiger partial charge on any atom is 0.305 e. The molecule has 0 radical (unpaired) electrons. The lowest BCUT2D eigenvalue weighted by molar-refractivity contribution is -0.140. The molecule has 0 saturated heterocycles. The van der Waals surface area contributed by atoms with E-state index in [2.05, 4.69) is 0 Å². The topological polar surface area (TPSA) is 49.8 Å². The number of benzene rings is 1. The molecule has 0 spiro atoms. The molecule has 4 nitrogen and oxygen atoms in total. The van der Waals surface area contributed by atoms with Crippen molar-refractivity contribution in [3.05, 3.63) is 29.3 Å². The first-order valence-corrected chi connectivity index (χ1v) is 5.85. The van der Waals surface area contributed by atoms with Crippen molar-refractivity contribution in [1.29, 1.82) is 0 Å². The van der Waals surface area contributed by atoms with Gasteiger partial charge in [-0.25, -0.2) is 0 Å². The van der Waals surface area contributed by atoms with Gasteiger partial charge in [-0.05, 0) is 34.0 Å². The van der Waals surface area contributed by atoms with E-state index >= 15 is 0 Å². The summed E-state index contributed by atoms with van der Waals surface area (Å²) in [5.41, 5.74) is 1.39. The molecule has 1 atom stereocenters. The van der Waals surface area contributed by atoms with E-state index in [1.54, 1.807) is 7.11 Å². The smallest absolute Gasteiger partial charge is 0.305 e. The summed E-state index contributed by atoms with van der Waals surface area (Å²) >= 11 is 0. The summed E-state index contributed by atoms with van der Waals surface area (Å²) in [6, 6.07) is 5.83. The fourth-order valence-corrected chi connectivity index (χ4v) is 2.03. The zero-order valence-corrected chi connectivity index (χ0v) is 11.7. The lowest BCUT2D eigenvalue weighted by Gasteiger charge is -2.36. The van der Waals surface area contributed by atoms with E-state index in [1.807, 2.05) is 51.0 Å². The minimum Gasteiger partial charge on any atom is -0.496 e. The van der Waals surface area contributed by atoms with Crippen LogP contribution >= 0.6 is 0 Å². The summed E-state index contributed by atoms with van der Waals surface area (Å²) in [6.45, 7) is 3.90. The van der Waals surface area contributed by atoms with Crippen molar-refractivity contribution in [3.63, 3.8) is 0 Å². The first-order chi connectivity index (χ1) is 8.31. The Morgan fingerprint density at radius 1 is 1.44 bits per heavy atom. The average molecular weight is 251 g/mol. The number of carboxylic acid groups (broad SMARTS) is 1. The van der Waals surface area contributed by atoms with Gasteiger partial charge in [0.05, 0.1) is 19.1 Å². The Labute approximate surface area is 108 Å². The van der Waals surface area contributed by atoms with Gasteiger partial charge >= 0.3 is 5.97 Å². The summed E-state index contributed by atoms with van der Waals surface area (Å²) in [7, 11) is 5.36. The minimum atomic E-state index is -0.824. The standard InChI is InChI=1S/C14H21NO3/c1-10-6-7-12(18-5)11(8-10)14(2,15(3)4)9-13(16)17/h6-8H,9H2,1-5H3,(H,16,17). The largest absolute Gasteiger partial charge is 0.496 e. The van der Waals surface area contributed by atoms with Crippen molar-refractivity contribution in [2.24, 2.45) is 0 Å². The summed E-state index contributed by atoms with van der Waals surface area (Å²) in [6.07, 6.45) is 0.0276. The molecular weight excluding hydrogens is 230 g/mol. The molecule has 1 aromatic rings. The molecule has 0 heterocycles. The Morgan fingerprint density at radius 3 is 2.50 bits per heavy atom. The van der Waals surface area contributed by atoms with Gasteiger partial charge in [-0.1, -0.05) is 17.7 Å². The molecule has 100 valence electrons. The van der Waals surface area contributed by atoms with Gasteiger partial charge in [0.2, 0.25) is 0 Å². The van der Waals surface area contributed by atoms with Crippen molar-refractivity contribution < 1.29 is 14.6 Å². The van der Waals surface area contributed by atoms with Crippen LogP contribution in [0.3, 0.4) is 0 Å². The van der Waals surface area contributed by atoms with E-state index in [-0.39, 0.29) is 6.42 Å². The van der Waals surface area contributed by atoms with Crippen molar-refractivity contribution in [2.45, 2.75) is 25.8 Å². The number of carbonyl (C=O) groups is 1. The van der Waals surface area contributed by atoms with Crippen LogP contribution in [0, 0.1) is 6.92 Å². The molecule has 0 aliphatic heterocycles. The van der Waals surface area contributed by atoms with Gasteiger partial charge in [0.15, 0.2) is 0 Å². The normalized spacial score (nSPS) is 14.3. The first-order valence-electron chi connectivity index (χ1n) is 5.85. The summed E-state index contributed by atoms with van der Waals surface area (Å²) < 4.78 is 5.36. The van der Waals surface area contributed by atoms with Gasteiger partial charge in [0.1, 0.15) is 5.75 Å². The third kappa shape index (κ3) is 2.82. The van der Waals surface area contributed by atoms with Crippen molar-refractivity contribution in [1.82, 2.24) is 4.90 Å². The molecule has 0 aliphatic rings. The summed E-state index contributed by atoms with van der Waals surface area (Å²) in [4.78, 5) is 13.0. The van der Waals surface area contributed by atoms with E-state index < -0.39 is 11.5 Å². The van der Waals surface area contributed by atoms with Crippen LogP contribution in [-0.2, 0) is 10.3 Å². The molecule has 1 rings (SSSR count). The number of carboxylic acids is 1. The number of nitrogens with zero attached hydrogens (tertiary/aromatic N) is 1. The van der Waals surface area contributed by atoms with Crippen LogP contribution in [0.5, 0.6) is 5.75 Å². The number of rotatable bonds is 5. The molecule has 0 aromatic heterocycles. The van der Waals surface area contributed by atoms with Crippen molar-refractivity contribution >= 4 is 5.97 Å². The molecule has 0 aliphatic carbocycles. The second-order valence-electron chi connectivity index (χ2n) is 4.94. The molecule has 1 aromatic carbocycles. The Morgan fingerprint density at radius 2 is 2.06 bits per heavy atom. The van der Waals surface area contributed by atoms with E-state index in [0.717, 1.165) is 16.9 Å². The van der Waals surface area contributed by atoms with Crippen LogP contribution in [-0.4, -0.2) is 37.2 Å². The molecular formula is C14H21NO3. The van der Waals surface area contributed by atoms with Gasteiger partial charge < -0.3 is 9.84 Å². The van der Waals surface area contributed by atoms with Gasteiger partial charge in [0, 0.05) is 5.56 Å². The Balaban J connectivity index is 3.37. The number of hydrogen-bond acceptors (Lipinski definition) is 3. The molecule has 0 amide bonds. The maximum atomic E-state index is 11.1. The van der Waals surface area contributed by atoms with Crippen LogP contribution in [0.25, 0.3) is 0 Å². The average Bonchev–Trinajstić information content (AvgIpc) is 2.27. The van der Waals surface area contributed by atoms with Crippen LogP contribution in [0.1, 0.15) is 24.5 Å². The quantitative estimate of drug-likeness (QED) is 0.872. The maximum absolute atomic E-state index is 11.1. The van der Waals surface area contributed by atoms with Crippen molar-refractivity contribution in [3.8, 4) is 5.75 Å². The fourth-order valence-electron chi connectivity index (χ4n) is 2.03. The minimum absolute atomic E-state index is 0.0276. The zero-order chi connectivity index (χ0) is 13.9. The van der Waals surface area contributed by atoms with E-state index in [0.29, 0.717) is 0 Å². The van der Waals surface area contributed by atoms with Gasteiger partial charge in [-0.2, -0.15) is 0 Å². The molecule has 0 fully saturated rings. The van der Waals surface area contributed by atoms with Gasteiger partial charge in [0.25, 0.3) is 0 Å². The predicted octanol–water partition coefficient (Wildman–Crippen LogP) is 2.26. The molecule has 0 saturated carbocycles. The highest BCUT2D eigenvalue weighted by Crippen LogP contribution is 2.36. The monoisotopic (exact) mass is 251 g/mol. The van der Waals surface area contributed by atoms with Crippen LogP contribution in [0.2, 0.25) is 0 Å². The van der Waals surface area contributed by atoms with Crippen LogP contribution in [0.15, 0.2) is 18.2 Å². The SMILES string of the molecule is COc1ccc(C)cc1C(C)(CC(=O)O)N(C)C. The second kappa shape index (κ2) is 5.40. The molecule has 18 heavy (non-hydrogen) atoms.